The minimum Gasteiger partial charge on any atom is -0.465 e. The van der Waals surface area contributed by atoms with Crippen LogP contribution in [0.3, 0.4) is 0 Å². The number of benzene rings is 2. The van der Waals surface area contributed by atoms with Crippen molar-refractivity contribution in [3.63, 3.8) is 0 Å². The topological polar surface area (TPSA) is 129 Å². The zero-order valence-corrected chi connectivity index (χ0v) is 30.3. The minimum absolute atomic E-state index is 0.0543. The van der Waals surface area contributed by atoms with Gasteiger partial charge in [0.25, 0.3) is 0 Å². The first-order valence-corrected chi connectivity index (χ1v) is 17.8. The molecule has 10 nitrogen and oxygen atoms in total. The molecule has 2 N–H and O–H groups in total. The van der Waals surface area contributed by atoms with E-state index in [0.29, 0.717) is 13.2 Å². The van der Waals surface area contributed by atoms with Crippen molar-refractivity contribution in [3.05, 3.63) is 64.1 Å². The normalized spacial score (nSPS) is 16.7. The fourth-order valence-corrected chi connectivity index (χ4v) is 5.83. The number of ether oxygens (including phenoxy) is 4. The Bertz CT molecular complexity index is 1320. The number of halogens is 1. The third-order valence-electron chi connectivity index (χ3n) is 8.11. The van der Waals surface area contributed by atoms with Crippen molar-refractivity contribution in [2.45, 2.75) is 110 Å². The highest BCUT2D eigenvalue weighted by Crippen LogP contribution is 2.29. The fourth-order valence-electron chi connectivity index (χ4n) is 5.43. The molecule has 48 heavy (non-hydrogen) atoms. The maximum Gasteiger partial charge on any atom is 0.514 e. The highest BCUT2D eigenvalue weighted by atomic mass is 79.9. The minimum atomic E-state index is -0.899. The van der Waals surface area contributed by atoms with Crippen LogP contribution in [-0.4, -0.2) is 48.9 Å². The molecule has 2 amide bonds. The van der Waals surface area contributed by atoms with Gasteiger partial charge in [-0.05, 0) is 82.6 Å². The van der Waals surface area contributed by atoms with E-state index in [4.69, 9.17) is 18.9 Å². The Labute approximate surface area is 293 Å². The molecular formula is C37H51BrN2O8. The van der Waals surface area contributed by atoms with Gasteiger partial charge >= 0.3 is 18.2 Å². The average molecular weight is 732 g/mol. The quantitative estimate of drug-likeness (QED) is 0.0769. The van der Waals surface area contributed by atoms with Gasteiger partial charge in [-0.1, -0.05) is 78.9 Å². The number of hydrogen-bond donors (Lipinski definition) is 2. The third-order valence-corrected chi connectivity index (χ3v) is 8.89. The van der Waals surface area contributed by atoms with Crippen LogP contribution in [0.25, 0.3) is 0 Å². The summed E-state index contributed by atoms with van der Waals surface area (Å²) >= 11 is 3.42. The van der Waals surface area contributed by atoms with E-state index in [9.17, 15) is 19.2 Å². The standard InChI is InChI=1S/C37H51BrN2O8/c1-5-6-7-8-11-22-45-34(42)28-18-14-27(15-19-28)24-39-33(41)32(40-35(43)48-37(2,3)4)23-26-16-20-30(21-17-26)47-36(44)46-25-29-12-9-10-13-31(29)38/h9-10,12-13,16-17,20-21,27-28,32H,5-8,11,14-15,18-19,22-25H2,1-4H3,(H,39,41)(H,40,43)/t27?,28?,32-/m0/s1. The summed E-state index contributed by atoms with van der Waals surface area (Å²) in [5.41, 5.74) is 0.816. The second-order valence-electron chi connectivity index (χ2n) is 13.3. The molecule has 3 rings (SSSR count). The van der Waals surface area contributed by atoms with Crippen LogP contribution in [0.5, 0.6) is 5.75 Å². The van der Waals surface area contributed by atoms with Gasteiger partial charge in [0.15, 0.2) is 0 Å². The number of alkyl carbamates (subject to hydrolysis) is 1. The second kappa shape index (κ2) is 20.0. The number of amides is 2. The van der Waals surface area contributed by atoms with E-state index < -0.39 is 23.9 Å². The molecule has 1 atom stereocenters. The average Bonchev–Trinajstić information content (AvgIpc) is 3.04. The van der Waals surface area contributed by atoms with Crippen LogP contribution in [-0.2, 0) is 36.8 Å². The molecule has 0 bridgehead atoms. The number of esters is 1. The number of hydrogen-bond acceptors (Lipinski definition) is 8. The molecule has 0 heterocycles. The Morgan fingerprint density at radius 3 is 2.25 bits per heavy atom. The molecule has 11 heteroatoms. The van der Waals surface area contributed by atoms with Crippen molar-refractivity contribution in [2.75, 3.05) is 13.2 Å². The van der Waals surface area contributed by atoms with E-state index >= 15 is 0 Å². The van der Waals surface area contributed by atoms with E-state index in [0.717, 1.165) is 54.1 Å². The molecule has 1 saturated carbocycles. The van der Waals surface area contributed by atoms with Gasteiger partial charge in [-0.3, -0.25) is 9.59 Å². The van der Waals surface area contributed by atoms with Crippen LogP contribution in [0.1, 0.15) is 96.6 Å². The smallest absolute Gasteiger partial charge is 0.465 e. The van der Waals surface area contributed by atoms with Crippen molar-refractivity contribution >= 4 is 40.1 Å². The summed E-state index contributed by atoms with van der Waals surface area (Å²) in [4.78, 5) is 50.7. The second-order valence-corrected chi connectivity index (χ2v) is 14.2. The predicted octanol–water partition coefficient (Wildman–Crippen LogP) is 8.04. The van der Waals surface area contributed by atoms with Crippen LogP contribution >= 0.6 is 15.9 Å². The number of nitrogens with one attached hydrogen (secondary N) is 2. The summed E-state index contributed by atoms with van der Waals surface area (Å²) in [6.45, 7) is 8.42. The Kier molecular flexibility index (Phi) is 16.2. The van der Waals surface area contributed by atoms with Crippen molar-refractivity contribution in [2.24, 2.45) is 11.8 Å². The molecule has 0 saturated heterocycles. The lowest BCUT2D eigenvalue weighted by Crippen LogP contribution is -2.50. The van der Waals surface area contributed by atoms with Crippen molar-refractivity contribution in [3.8, 4) is 5.75 Å². The van der Waals surface area contributed by atoms with Crippen LogP contribution in [0, 0.1) is 11.8 Å². The monoisotopic (exact) mass is 730 g/mol. The molecule has 0 aliphatic heterocycles. The van der Waals surface area contributed by atoms with Crippen LogP contribution < -0.4 is 15.4 Å². The van der Waals surface area contributed by atoms with Crippen molar-refractivity contribution < 1.29 is 38.1 Å². The van der Waals surface area contributed by atoms with Gasteiger partial charge in [-0.15, -0.1) is 0 Å². The zero-order chi connectivity index (χ0) is 34.9. The molecule has 2 aromatic rings. The fraction of sp³-hybridized carbons (Fsp3) is 0.568. The molecule has 0 aromatic heterocycles. The predicted molar refractivity (Wildman–Crippen MR) is 186 cm³/mol. The van der Waals surface area contributed by atoms with Crippen LogP contribution in [0.15, 0.2) is 53.0 Å². The molecule has 1 aliphatic rings. The Morgan fingerprint density at radius 1 is 0.896 bits per heavy atom. The molecule has 1 fully saturated rings. The zero-order valence-electron chi connectivity index (χ0n) is 28.7. The van der Waals surface area contributed by atoms with Gasteiger partial charge in [0, 0.05) is 23.0 Å². The van der Waals surface area contributed by atoms with E-state index in [1.54, 1.807) is 45.0 Å². The summed E-state index contributed by atoms with van der Waals surface area (Å²) in [5, 5.41) is 5.70. The summed E-state index contributed by atoms with van der Waals surface area (Å²) in [6, 6.07) is 13.2. The van der Waals surface area contributed by atoms with Gasteiger partial charge in [0.05, 0.1) is 12.5 Å². The lowest BCUT2D eigenvalue weighted by atomic mass is 9.82. The largest absolute Gasteiger partial charge is 0.514 e. The van der Waals surface area contributed by atoms with E-state index in [1.807, 2.05) is 24.3 Å². The lowest BCUT2D eigenvalue weighted by molar-refractivity contribution is -0.150. The van der Waals surface area contributed by atoms with Gasteiger partial charge in [-0.2, -0.15) is 0 Å². The first kappa shape index (κ1) is 38.8. The van der Waals surface area contributed by atoms with Crippen LogP contribution in [0.4, 0.5) is 9.59 Å². The molecule has 264 valence electrons. The highest BCUT2D eigenvalue weighted by Gasteiger charge is 2.29. The van der Waals surface area contributed by atoms with Gasteiger partial charge in [0.1, 0.15) is 24.0 Å². The van der Waals surface area contributed by atoms with E-state index in [-0.39, 0.29) is 42.5 Å². The van der Waals surface area contributed by atoms with Crippen molar-refractivity contribution in [1.82, 2.24) is 10.6 Å². The molecule has 2 aromatic carbocycles. The van der Waals surface area contributed by atoms with Crippen molar-refractivity contribution in [1.29, 1.82) is 0 Å². The molecule has 0 unspecified atom stereocenters. The molecule has 0 radical (unpaired) electrons. The van der Waals surface area contributed by atoms with Gasteiger partial charge in [-0.25, -0.2) is 9.59 Å². The lowest BCUT2D eigenvalue weighted by Gasteiger charge is -2.28. The number of rotatable bonds is 16. The number of unbranched alkanes of at least 4 members (excludes halogenated alkanes) is 4. The first-order chi connectivity index (χ1) is 22.9. The first-order valence-electron chi connectivity index (χ1n) is 17.0. The Hall–Kier alpha value is -3.60. The van der Waals surface area contributed by atoms with Gasteiger partial charge < -0.3 is 29.6 Å². The van der Waals surface area contributed by atoms with E-state index in [2.05, 4.69) is 33.5 Å². The molecular weight excluding hydrogens is 680 g/mol. The number of carbonyl (C=O) groups excluding carboxylic acids is 4. The summed E-state index contributed by atoms with van der Waals surface area (Å²) < 4.78 is 22.3. The summed E-state index contributed by atoms with van der Waals surface area (Å²) in [5.74, 6) is -0.0179. The SMILES string of the molecule is CCCCCCCOC(=O)C1CCC(CNC(=O)[C@H](Cc2ccc(OC(=O)OCc3ccccc3Br)cc2)NC(=O)OC(C)(C)C)CC1. The van der Waals surface area contributed by atoms with E-state index in [1.165, 1.54) is 19.3 Å². The maximum atomic E-state index is 13.4. The van der Waals surface area contributed by atoms with Gasteiger partial charge in [0.2, 0.25) is 5.91 Å². The maximum absolute atomic E-state index is 13.4. The molecule has 0 spiro atoms. The Balaban J connectivity index is 1.49. The summed E-state index contributed by atoms with van der Waals surface area (Å²) in [7, 11) is 0. The highest BCUT2D eigenvalue weighted by molar-refractivity contribution is 9.10. The summed E-state index contributed by atoms with van der Waals surface area (Å²) in [6.07, 6.45) is 7.31. The third kappa shape index (κ3) is 14.7. The number of carbonyl (C=O) groups is 4. The Morgan fingerprint density at radius 2 is 1.58 bits per heavy atom. The molecule has 1 aliphatic carbocycles. The van der Waals surface area contributed by atoms with Crippen LogP contribution in [0.2, 0.25) is 0 Å².